The van der Waals surface area contributed by atoms with Crippen molar-refractivity contribution in [3.8, 4) is 0 Å². The zero-order valence-electron chi connectivity index (χ0n) is 12.7. The van der Waals surface area contributed by atoms with Gasteiger partial charge in [0.25, 0.3) is 0 Å². The van der Waals surface area contributed by atoms with Crippen molar-refractivity contribution < 1.29 is 0 Å². The highest BCUT2D eigenvalue weighted by Crippen LogP contribution is 2.43. The minimum absolute atomic E-state index is 0.800. The van der Waals surface area contributed by atoms with Gasteiger partial charge in [0.2, 0.25) is 0 Å². The standard InChI is InChI=1S/C17H29NS/c1-4-6-14-7-8-15(11-18-5-2)17(10-14)16-9-13(3)19-12-16/h9,12,14-15,17-18H,4-8,10-11H2,1-3H3. The normalized spacial score (nSPS) is 27.6. The van der Waals surface area contributed by atoms with E-state index in [0.717, 1.165) is 24.3 Å². The van der Waals surface area contributed by atoms with Gasteiger partial charge in [-0.15, -0.1) is 11.3 Å². The molecule has 1 N–H and O–H groups in total. The molecule has 1 nitrogen and oxygen atoms in total. The lowest BCUT2D eigenvalue weighted by atomic mass is 9.70. The predicted octanol–water partition coefficient (Wildman–Crippen LogP) is 4.97. The summed E-state index contributed by atoms with van der Waals surface area (Å²) < 4.78 is 0. The van der Waals surface area contributed by atoms with Crippen LogP contribution in [-0.2, 0) is 0 Å². The van der Waals surface area contributed by atoms with Crippen molar-refractivity contribution >= 4 is 11.3 Å². The Morgan fingerprint density at radius 3 is 2.79 bits per heavy atom. The lowest BCUT2D eigenvalue weighted by Crippen LogP contribution is -2.31. The van der Waals surface area contributed by atoms with Gasteiger partial charge in [-0.3, -0.25) is 0 Å². The van der Waals surface area contributed by atoms with Gasteiger partial charge >= 0.3 is 0 Å². The summed E-state index contributed by atoms with van der Waals surface area (Å²) in [4.78, 5) is 1.47. The van der Waals surface area contributed by atoms with Crippen LogP contribution in [0.3, 0.4) is 0 Å². The molecule has 0 amide bonds. The molecule has 0 aromatic carbocycles. The van der Waals surface area contributed by atoms with Crippen LogP contribution < -0.4 is 5.32 Å². The third kappa shape index (κ3) is 4.06. The molecule has 3 atom stereocenters. The topological polar surface area (TPSA) is 12.0 Å². The summed E-state index contributed by atoms with van der Waals surface area (Å²) in [5.74, 6) is 2.62. The van der Waals surface area contributed by atoms with Gasteiger partial charge in [0.05, 0.1) is 0 Å². The summed E-state index contributed by atoms with van der Waals surface area (Å²) in [6, 6.07) is 2.43. The highest BCUT2D eigenvalue weighted by molar-refractivity contribution is 7.10. The highest BCUT2D eigenvalue weighted by Gasteiger charge is 2.31. The van der Waals surface area contributed by atoms with Gasteiger partial charge in [-0.1, -0.05) is 33.1 Å². The molecule has 1 aliphatic carbocycles. The lowest BCUT2D eigenvalue weighted by Gasteiger charge is -2.36. The molecule has 0 aliphatic heterocycles. The minimum Gasteiger partial charge on any atom is -0.317 e. The summed E-state index contributed by atoms with van der Waals surface area (Å²) in [6.07, 6.45) is 7.05. The smallest absolute Gasteiger partial charge is 0.00171 e. The number of aryl methyl sites for hydroxylation is 1. The first-order valence-corrected chi connectivity index (χ1v) is 8.88. The van der Waals surface area contributed by atoms with Crippen LogP contribution >= 0.6 is 11.3 Å². The maximum atomic E-state index is 3.57. The van der Waals surface area contributed by atoms with Crippen LogP contribution in [0.25, 0.3) is 0 Å². The quantitative estimate of drug-likeness (QED) is 0.775. The van der Waals surface area contributed by atoms with Crippen LogP contribution in [0.5, 0.6) is 0 Å². The molecule has 1 fully saturated rings. The molecule has 2 heteroatoms. The van der Waals surface area contributed by atoms with E-state index >= 15 is 0 Å². The molecule has 0 saturated heterocycles. The predicted molar refractivity (Wildman–Crippen MR) is 86.1 cm³/mol. The van der Waals surface area contributed by atoms with Gasteiger partial charge in [-0.05, 0) is 67.6 Å². The van der Waals surface area contributed by atoms with Gasteiger partial charge in [0.1, 0.15) is 0 Å². The summed E-state index contributed by atoms with van der Waals surface area (Å²) in [5, 5.41) is 5.98. The van der Waals surface area contributed by atoms with E-state index in [2.05, 4.69) is 37.5 Å². The molecular weight excluding hydrogens is 250 g/mol. The molecule has 1 heterocycles. The van der Waals surface area contributed by atoms with Crippen LogP contribution in [0.4, 0.5) is 0 Å². The van der Waals surface area contributed by atoms with E-state index in [-0.39, 0.29) is 0 Å². The van der Waals surface area contributed by atoms with Crippen LogP contribution in [0.1, 0.15) is 62.3 Å². The van der Waals surface area contributed by atoms with Gasteiger partial charge in [-0.2, -0.15) is 0 Å². The second kappa shape index (κ2) is 7.44. The fraction of sp³-hybridized carbons (Fsp3) is 0.765. The van der Waals surface area contributed by atoms with Crippen LogP contribution in [0.2, 0.25) is 0 Å². The van der Waals surface area contributed by atoms with Crippen molar-refractivity contribution in [1.82, 2.24) is 5.32 Å². The van der Waals surface area contributed by atoms with E-state index in [1.54, 1.807) is 5.56 Å². The molecule has 1 aromatic heterocycles. The zero-order valence-corrected chi connectivity index (χ0v) is 13.6. The minimum atomic E-state index is 0.800. The molecule has 1 aliphatic rings. The van der Waals surface area contributed by atoms with E-state index in [4.69, 9.17) is 0 Å². The second-order valence-electron chi connectivity index (χ2n) is 6.13. The number of thiophene rings is 1. The summed E-state index contributed by atoms with van der Waals surface area (Å²) >= 11 is 1.92. The van der Waals surface area contributed by atoms with Crippen molar-refractivity contribution in [2.75, 3.05) is 13.1 Å². The lowest BCUT2D eigenvalue weighted by molar-refractivity contribution is 0.221. The molecular formula is C17H29NS. The van der Waals surface area contributed by atoms with Crippen molar-refractivity contribution in [1.29, 1.82) is 0 Å². The Hall–Kier alpha value is -0.340. The van der Waals surface area contributed by atoms with Crippen molar-refractivity contribution in [2.45, 2.75) is 58.8 Å². The first-order valence-electron chi connectivity index (χ1n) is 8.00. The molecule has 1 saturated carbocycles. The monoisotopic (exact) mass is 279 g/mol. The number of hydrogen-bond acceptors (Lipinski definition) is 2. The Morgan fingerprint density at radius 1 is 1.32 bits per heavy atom. The maximum absolute atomic E-state index is 3.57. The first kappa shape index (κ1) is 15.1. The Balaban J connectivity index is 2.06. The Bertz CT molecular complexity index is 371. The molecule has 2 rings (SSSR count). The summed E-state index contributed by atoms with van der Waals surface area (Å²) in [5.41, 5.74) is 1.62. The van der Waals surface area contributed by atoms with Gasteiger partial charge in [0.15, 0.2) is 0 Å². The SMILES string of the molecule is CCCC1CCC(CNCC)C(c2csc(C)c2)C1. The van der Waals surface area contributed by atoms with E-state index in [1.165, 1.54) is 43.5 Å². The van der Waals surface area contributed by atoms with Crippen molar-refractivity contribution in [3.05, 3.63) is 21.9 Å². The van der Waals surface area contributed by atoms with Gasteiger partial charge < -0.3 is 5.32 Å². The number of hydrogen-bond donors (Lipinski definition) is 1. The van der Waals surface area contributed by atoms with Gasteiger partial charge in [-0.25, -0.2) is 0 Å². The third-order valence-electron chi connectivity index (χ3n) is 4.63. The highest BCUT2D eigenvalue weighted by atomic mass is 32.1. The largest absolute Gasteiger partial charge is 0.317 e. The number of nitrogens with one attached hydrogen (secondary N) is 1. The van der Waals surface area contributed by atoms with Crippen LogP contribution in [0, 0.1) is 18.8 Å². The zero-order chi connectivity index (χ0) is 13.7. The Kier molecular flexibility index (Phi) is 5.90. The fourth-order valence-electron chi connectivity index (χ4n) is 3.63. The average molecular weight is 279 g/mol. The molecule has 0 bridgehead atoms. The first-order chi connectivity index (χ1) is 9.24. The van der Waals surface area contributed by atoms with Gasteiger partial charge in [0, 0.05) is 4.88 Å². The molecule has 108 valence electrons. The maximum Gasteiger partial charge on any atom is 0.00171 e. The van der Waals surface area contributed by atoms with Crippen LogP contribution in [-0.4, -0.2) is 13.1 Å². The van der Waals surface area contributed by atoms with E-state index in [0.29, 0.717) is 0 Å². The second-order valence-corrected chi connectivity index (χ2v) is 7.25. The third-order valence-corrected chi connectivity index (χ3v) is 5.51. The van der Waals surface area contributed by atoms with E-state index in [9.17, 15) is 0 Å². The Morgan fingerprint density at radius 2 is 2.16 bits per heavy atom. The van der Waals surface area contributed by atoms with Crippen molar-refractivity contribution in [3.63, 3.8) is 0 Å². The Labute approximate surface area is 122 Å². The molecule has 3 unspecified atom stereocenters. The van der Waals surface area contributed by atoms with E-state index in [1.807, 2.05) is 11.3 Å². The number of rotatable bonds is 6. The summed E-state index contributed by atoms with van der Waals surface area (Å²) in [7, 11) is 0. The fourth-order valence-corrected chi connectivity index (χ4v) is 4.40. The average Bonchev–Trinajstić information content (AvgIpc) is 2.84. The molecule has 0 radical (unpaired) electrons. The molecule has 0 spiro atoms. The molecule has 19 heavy (non-hydrogen) atoms. The molecule has 1 aromatic rings. The van der Waals surface area contributed by atoms with E-state index < -0.39 is 0 Å². The van der Waals surface area contributed by atoms with Crippen molar-refractivity contribution in [2.24, 2.45) is 11.8 Å². The summed E-state index contributed by atoms with van der Waals surface area (Å²) in [6.45, 7) is 9.08. The van der Waals surface area contributed by atoms with Crippen LogP contribution in [0.15, 0.2) is 11.4 Å².